The van der Waals surface area contributed by atoms with E-state index in [-0.39, 0.29) is 5.54 Å². The first kappa shape index (κ1) is 15.9. The molecular weight excluding hydrogens is 222 g/mol. The van der Waals surface area contributed by atoms with Crippen LogP contribution >= 0.6 is 0 Å². The Bertz CT molecular complexity index is 234. The largest absolute Gasteiger partial charge is 0.312 e. The van der Waals surface area contributed by atoms with E-state index in [0.29, 0.717) is 6.04 Å². The maximum atomic E-state index is 3.61. The molecule has 0 aromatic heterocycles. The van der Waals surface area contributed by atoms with Crippen LogP contribution in [0, 0.1) is 5.92 Å². The summed E-state index contributed by atoms with van der Waals surface area (Å²) >= 11 is 0. The van der Waals surface area contributed by atoms with Gasteiger partial charge < -0.3 is 10.2 Å². The van der Waals surface area contributed by atoms with Gasteiger partial charge in [0.25, 0.3) is 0 Å². The van der Waals surface area contributed by atoms with E-state index >= 15 is 0 Å². The van der Waals surface area contributed by atoms with Gasteiger partial charge in [-0.3, -0.25) is 4.90 Å². The van der Waals surface area contributed by atoms with E-state index in [9.17, 15) is 0 Å². The first-order valence-electron chi connectivity index (χ1n) is 7.53. The van der Waals surface area contributed by atoms with Gasteiger partial charge in [-0.2, -0.15) is 0 Å². The Balaban J connectivity index is 2.27. The molecule has 108 valence electrons. The van der Waals surface area contributed by atoms with Gasteiger partial charge >= 0.3 is 0 Å². The van der Waals surface area contributed by atoms with Crippen molar-refractivity contribution in [3.63, 3.8) is 0 Å². The molecule has 0 aromatic rings. The summed E-state index contributed by atoms with van der Waals surface area (Å²) in [7, 11) is 0. The minimum absolute atomic E-state index is 0.239. The lowest BCUT2D eigenvalue weighted by atomic mass is 10.1. The highest BCUT2D eigenvalue weighted by molar-refractivity contribution is 4.80. The topological polar surface area (TPSA) is 18.5 Å². The predicted molar refractivity (Wildman–Crippen MR) is 80.1 cm³/mol. The van der Waals surface area contributed by atoms with Crippen molar-refractivity contribution >= 4 is 0 Å². The molecule has 18 heavy (non-hydrogen) atoms. The number of hydrogen-bond donors (Lipinski definition) is 1. The molecule has 1 fully saturated rings. The fourth-order valence-corrected chi connectivity index (χ4v) is 2.69. The Labute approximate surface area is 114 Å². The zero-order valence-corrected chi connectivity index (χ0v) is 13.3. The molecule has 1 aliphatic heterocycles. The molecule has 1 saturated heterocycles. The van der Waals surface area contributed by atoms with Crippen molar-refractivity contribution in [3.05, 3.63) is 0 Å². The highest BCUT2D eigenvalue weighted by atomic mass is 15.3. The van der Waals surface area contributed by atoms with E-state index in [1.54, 1.807) is 0 Å². The second kappa shape index (κ2) is 6.88. The molecule has 0 amide bonds. The number of nitrogens with one attached hydrogen (secondary N) is 1. The van der Waals surface area contributed by atoms with Crippen LogP contribution in [-0.4, -0.2) is 60.6 Å². The molecule has 0 radical (unpaired) electrons. The van der Waals surface area contributed by atoms with Gasteiger partial charge in [-0.15, -0.1) is 0 Å². The number of likely N-dealkylation sites (N-methyl/N-ethyl adjacent to an activating group) is 1. The maximum absolute atomic E-state index is 3.61. The molecule has 0 bridgehead atoms. The lowest BCUT2D eigenvalue weighted by molar-refractivity contribution is 0.0781. The van der Waals surface area contributed by atoms with Gasteiger partial charge in [0.05, 0.1) is 0 Å². The monoisotopic (exact) mass is 255 g/mol. The zero-order valence-electron chi connectivity index (χ0n) is 13.3. The number of nitrogens with zero attached hydrogens (tertiary/aromatic N) is 2. The normalized spacial score (nSPS) is 25.3. The highest BCUT2D eigenvalue weighted by Crippen LogP contribution is 2.11. The molecule has 1 heterocycles. The van der Waals surface area contributed by atoms with Crippen molar-refractivity contribution in [1.82, 2.24) is 15.1 Å². The number of rotatable bonds is 5. The van der Waals surface area contributed by atoms with Gasteiger partial charge in [0.15, 0.2) is 0 Å². The summed E-state index contributed by atoms with van der Waals surface area (Å²) in [6, 6.07) is 0.714. The lowest BCUT2D eigenvalue weighted by Gasteiger charge is -2.40. The average Bonchev–Trinajstić information content (AvgIpc) is 2.26. The molecule has 0 aromatic carbocycles. The standard InChI is InChI=1S/C15H33N3/c1-7-18-9-8-17(12-14(18)3)11-13(2)10-16-15(4,5)6/h13-14,16H,7-12H2,1-6H3. The number of hydrogen-bond acceptors (Lipinski definition) is 3. The van der Waals surface area contributed by atoms with Crippen molar-refractivity contribution in [2.24, 2.45) is 5.92 Å². The molecule has 3 heteroatoms. The SMILES string of the molecule is CCN1CCN(CC(C)CNC(C)(C)C)CC1C. The fourth-order valence-electron chi connectivity index (χ4n) is 2.69. The average molecular weight is 255 g/mol. The van der Waals surface area contributed by atoms with E-state index in [0.717, 1.165) is 12.5 Å². The minimum atomic E-state index is 0.239. The van der Waals surface area contributed by atoms with Crippen LogP contribution in [0.1, 0.15) is 41.5 Å². The Hall–Kier alpha value is -0.120. The second-order valence-corrected chi connectivity index (χ2v) is 6.97. The Morgan fingerprint density at radius 2 is 1.94 bits per heavy atom. The van der Waals surface area contributed by atoms with Crippen molar-refractivity contribution in [2.45, 2.75) is 53.1 Å². The van der Waals surface area contributed by atoms with Gasteiger partial charge in [-0.1, -0.05) is 13.8 Å². The summed E-state index contributed by atoms with van der Waals surface area (Å²) in [5.41, 5.74) is 0.239. The van der Waals surface area contributed by atoms with E-state index < -0.39 is 0 Å². The van der Waals surface area contributed by atoms with Crippen LogP contribution in [0.5, 0.6) is 0 Å². The van der Waals surface area contributed by atoms with Crippen LogP contribution in [0.3, 0.4) is 0 Å². The Morgan fingerprint density at radius 1 is 1.28 bits per heavy atom. The Morgan fingerprint density at radius 3 is 2.44 bits per heavy atom. The molecule has 0 spiro atoms. The van der Waals surface area contributed by atoms with Crippen LogP contribution < -0.4 is 5.32 Å². The summed E-state index contributed by atoms with van der Waals surface area (Å²) in [5, 5.41) is 3.61. The summed E-state index contributed by atoms with van der Waals surface area (Å²) < 4.78 is 0. The van der Waals surface area contributed by atoms with Crippen molar-refractivity contribution in [3.8, 4) is 0 Å². The van der Waals surface area contributed by atoms with Gasteiger partial charge in [-0.05, 0) is 46.7 Å². The zero-order chi connectivity index (χ0) is 13.8. The molecule has 1 N–H and O–H groups in total. The predicted octanol–water partition coefficient (Wildman–Crippen LogP) is 2.04. The smallest absolute Gasteiger partial charge is 0.0195 e. The molecule has 0 saturated carbocycles. The molecule has 2 atom stereocenters. The quantitative estimate of drug-likeness (QED) is 0.811. The molecule has 3 nitrogen and oxygen atoms in total. The van der Waals surface area contributed by atoms with E-state index in [2.05, 4.69) is 56.7 Å². The lowest BCUT2D eigenvalue weighted by Crippen LogP contribution is -2.53. The van der Waals surface area contributed by atoms with Gasteiger partial charge in [-0.25, -0.2) is 0 Å². The Kier molecular flexibility index (Phi) is 6.09. The third-order valence-electron chi connectivity index (χ3n) is 3.81. The highest BCUT2D eigenvalue weighted by Gasteiger charge is 2.23. The second-order valence-electron chi connectivity index (χ2n) is 6.97. The summed E-state index contributed by atoms with van der Waals surface area (Å²) in [6.07, 6.45) is 0. The molecule has 2 unspecified atom stereocenters. The first-order chi connectivity index (χ1) is 8.31. The van der Waals surface area contributed by atoms with E-state index in [1.807, 2.05) is 0 Å². The van der Waals surface area contributed by atoms with E-state index in [4.69, 9.17) is 0 Å². The van der Waals surface area contributed by atoms with Gasteiger partial charge in [0, 0.05) is 37.8 Å². The van der Waals surface area contributed by atoms with Crippen molar-refractivity contribution in [1.29, 1.82) is 0 Å². The van der Waals surface area contributed by atoms with Crippen molar-refractivity contribution in [2.75, 3.05) is 39.3 Å². The van der Waals surface area contributed by atoms with E-state index in [1.165, 1.54) is 32.7 Å². The maximum Gasteiger partial charge on any atom is 0.0195 e. The third kappa shape index (κ3) is 5.68. The van der Waals surface area contributed by atoms with Crippen LogP contribution in [0.15, 0.2) is 0 Å². The van der Waals surface area contributed by atoms with Crippen molar-refractivity contribution < 1.29 is 0 Å². The minimum Gasteiger partial charge on any atom is -0.312 e. The summed E-state index contributed by atoms with van der Waals surface area (Å²) in [6.45, 7) is 20.9. The molecule has 1 aliphatic rings. The first-order valence-corrected chi connectivity index (χ1v) is 7.53. The fraction of sp³-hybridized carbons (Fsp3) is 1.00. The van der Waals surface area contributed by atoms with Crippen LogP contribution in [0.25, 0.3) is 0 Å². The van der Waals surface area contributed by atoms with Crippen LogP contribution in [0.2, 0.25) is 0 Å². The summed E-state index contributed by atoms with van der Waals surface area (Å²) in [4.78, 5) is 5.21. The number of piperazine rings is 1. The molecule has 0 aliphatic carbocycles. The van der Waals surface area contributed by atoms with Crippen LogP contribution in [-0.2, 0) is 0 Å². The van der Waals surface area contributed by atoms with Crippen LogP contribution in [0.4, 0.5) is 0 Å². The third-order valence-corrected chi connectivity index (χ3v) is 3.81. The molecular formula is C15H33N3. The summed E-state index contributed by atoms with van der Waals surface area (Å²) in [5.74, 6) is 0.726. The van der Waals surface area contributed by atoms with Gasteiger partial charge in [0.2, 0.25) is 0 Å². The van der Waals surface area contributed by atoms with Gasteiger partial charge in [0.1, 0.15) is 0 Å². The molecule has 1 rings (SSSR count).